The Labute approximate surface area is 177 Å². The fraction of sp³-hybridized carbons (Fsp3) is 0.417. The highest BCUT2D eigenvalue weighted by Gasteiger charge is 2.23. The van der Waals surface area contributed by atoms with Gasteiger partial charge in [0.2, 0.25) is 5.91 Å². The number of benzene rings is 2. The summed E-state index contributed by atoms with van der Waals surface area (Å²) in [4.78, 5) is 17.1. The quantitative estimate of drug-likeness (QED) is 0.575. The average Bonchev–Trinajstić information content (AvgIpc) is 3.39. The number of nitrogens with zero attached hydrogens (tertiary/aromatic N) is 2. The van der Waals surface area contributed by atoms with E-state index in [9.17, 15) is 4.79 Å². The molecule has 0 saturated carbocycles. The summed E-state index contributed by atoms with van der Waals surface area (Å²) in [6.07, 6.45) is 2.25. The van der Waals surface area contributed by atoms with Crippen LogP contribution in [0.3, 0.4) is 0 Å². The Balaban J connectivity index is 1.40. The number of amides is 1. The Kier molecular flexibility index (Phi) is 6.33. The van der Waals surface area contributed by atoms with Gasteiger partial charge in [-0.15, -0.1) is 0 Å². The molecule has 0 spiro atoms. The minimum absolute atomic E-state index is 0.0516. The molecule has 0 bridgehead atoms. The van der Waals surface area contributed by atoms with Crippen molar-refractivity contribution in [1.82, 2.24) is 14.9 Å². The fourth-order valence-corrected chi connectivity index (χ4v) is 3.94. The lowest BCUT2D eigenvalue weighted by Crippen LogP contribution is -2.34. The van der Waals surface area contributed by atoms with Gasteiger partial charge in [-0.05, 0) is 56.9 Å². The molecule has 1 atom stereocenters. The zero-order valence-electron chi connectivity index (χ0n) is 17.7. The molecule has 1 fully saturated rings. The van der Waals surface area contributed by atoms with E-state index in [0.29, 0.717) is 19.8 Å². The standard InChI is InChI=1S/C24H29N3O3/c1-17-10-11-21(18(2)15-17)29-14-6-12-27-20-8-4-3-7-19(20)26-23(27)16-25-24(28)22-9-5-13-30-22/h3-4,7-8,10-11,15,22H,5-6,9,12-14,16H2,1-2H3,(H,25,28). The molecule has 1 aromatic heterocycles. The van der Waals surface area contributed by atoms with E-state index in [-0.39, 0.29) is 12.0 Å². The molecule has 1 aliphatic heterocycles. The number of ether oxygens (including phenoxy) is 2. The third-order valence-corrected chi connectivity index (χ3v) is 5.49. The number of hydrogen-bond donors (Lipinski definition) is 1. The maximum atomic E-state index is 12.3. The molecule has 158 valence electrons. The van der Waals surface area contributed by atoms with Crippen molar-refractivity contribution in [2.24, 2.45) is 0 Å². The minimum Gasteiger partial charge on any atom is -0.493 e. The van der Waals surface area contributed by atoms with Gasteiger partial charge in [-0.2, -0.15) is 0 Å². The van der Waals surface area contributed by atoms with Crippen molar-refractivity contribution in [3.8, 4) is 5.75 Å². The molecule has 2 heterocycles. The van der Waals surface area contributed by atoms with Crippen LogP contribution in [0.25, 0.3) is 11.0 Å². The van der Waals surface area contributed by atoms with E-state index in [4.69, 9.17) is 14.5 Å². The fourth-order valence-electron chi connectivity index (χ4n) is 3.94. The largest absolute Gasteiger partial charge is 0.493 e. The van der Waals surface area contributed by atoms with E-state index in [2.05, 4.69) is 41.9 Å². The van der Waals surface area contributed by atoms with Crippen LogP contribution in [0.2, 0.25) is 0 Å². The van der Waals surface area contributed by atoms with Crippen LogP contribution >= 0.6 is 0 Å². The molecule has 6 heteroatoms. The van der Waals surface area contributed by atoms with E-state index in [1.54, 1.807) is 0 Å². The topological polar surface area (TPSA) is 65.4 Å². The van der Waals surface area contributed by atoms with Gasteiger partial charge in [0.25, 0.3) is 0 Å². The molecule has 1 unspecified atom stereocenters. The zero-order valence-corrected chi connectivity index (χ0v) is 17.7. The number of imidazole rings is 1. The van der Waals surface area contributed by atoms with Gasteiger partial charge in [0.1, 0.15) is 17.7 Å². The number of aryl methyl sites for hydroxylation is 3. The van der Waals surface area contributed by atoms with Crippen LogP contribution in [-0.4, -0.2) is 34.8 Å². The molecule has 1 amide bonds. The molecule has 3 aromatic rings. The van der Waals surface area contributed by atoms with Crippen LogP contribution < -0.4 is 10.1 Å². The van der Waals surface area contributed by atoms with Crippen LogP contribution in [0.5, 0.6) is 5.75 Å². The first-order valence-corrected chi connectivity index (χ1v) is 10.7. The highest BCUT2D eigenvalue weighted by molar-refractivity contribution is 5.81. The Morgan fingerprint density at radius 2 is 2.13 bits per heavy atom. The number of carbonyl (C=O) groups excluding carboxylic acids is 1. The summed E-state index contributed by atoms with van der Waals surface area (Å²) in [7, 11) is 0. The van der Waals surface area contributed by atoms with Gasteiger partial charge in [0, 0.05) is 13.2 Å². The van der Waals surface area contributed by atoms with Gasteiger partial charge in [-0.3, -0.25) is 4.79 Å². The van der Waals surface area contributed by atoms with Crippen molar-refractivity contribution >= 4 is 16.9 Å². The lowest BCUT2D eigenvalue weighted by molar-refractivity contribution is -0.130. The smallest absolute Gasteiger partial charge is 0.249 e. The second-order valence-electron chi connectivity index (χ2n) is 7.86. The van der Waals surface area contributed by atoms with Crippen LogP contribution in [0, 0.1) is 13.8 Å². The molecule has 0 aliphatic carbocycles. The predicted octanol–water partition coefficient (Wildman–Crippen LogP) is 3.92. The van der Waals surface area contributed by atoms with Gasteiger partial charge < -0.3 is 19.4 Å². The van der Waals surface area contributed by atoms with Gasteiger partial charge in [0.05, 0.1) is 24.2 Å². The normalized spacial score (nSPS) is 16.1. The van der Waals surface area contributed by atoms with Crippen molar-refractivity contribution in [3.63, 3.8) is 0 Å². The van der Waals surface area contributed by atoms with Crippen LogP contribution in [-0.2, 0) is 22.6 Å². The van der Waals surface area contributed by atoms with E-state index in [0.717, 1.165) is 54.0 Å². The summed E-state index contributed by atoms with van der Waals surface area (Å²) in [5.74, 6) is 1.73. The molecular weight excluding hydrogens is 378 g/mol. The van der Waals surface area contributed by atoms with Crippen molar-refractivity contribution in [3.05, 3.63) is 59.4 Å². The summed E-state index contributed by atoms with van der Waals surface area (Å²) >= 11 is 0. The van der Waals surface area contributed by atoms with Crippen LogP contribution in [0.4, 0.5) is 0 Å². The first-order chi connectivity index (χ1) is 14.6. The van der Waals surface area contributed by atoms with Gasteiger partial charge in [0.15, 0.2) is 0 Å². The summed E-state index contributed by atoms with van der Waals surface area (Å²) in [6.45, 7) is 6.61. The zero-order chi connectivity index (χ0) is 20.9. The minimum atomic E-state index is -0.325. The molecular formula is C24H29N3O3. The van der Waals surface area contributed by atoms with E-state index in [1.165, 1.54) is 5.56 Å². The van der Waals surface area contributed by atoms with Crippen LogP contribution in [0.15, 0.2) is 42.5 Å². The molecule has 2 aromatic carbocycles. The molecule has 0 radical (unpaired) electrons. The maximum absolute atomic E-state index is 12.3. The monoisotopic (exact) mass is 407 g/mol. The molecule has 1 N–H and O–H groups in total. The second-order valence-corrected chi connectivity index (χ2v) is 7.86. The summed E-state index contributed by atoms with van der Waals surface area (Å²) in [5.41, 5.74) is 4.40. The third-order valence-electron chi connectivity index (χ3n) is 5.49. The first-order valence-electron chi connectivity index (χ1n) is 10.7. The van der Waals surface area contributed by atoms with Crippen molar-refractivity contribution < 1.29 is 14.3 Å². The number of aromatic nitrogens is 2. The number of nitrogens with one attached hydrogen (secondary N) is 1. The Bertz CT molecular complexity index is 1020. The van der Waals surface area contributed by atoms with Crippen LogP contribution in [0.1, 0.15) is 36.2 Å². The number of para-hydroxylation sites is 2. The third kappa shape index (κ3) is 4.65. The SMILES string of the molecule is Cc1ccc(OCCCn2c(CNC(=O)C3CCCO3)nc3ccccc32)c(C)c1. The van der Waals surface area contributed by atoms with Gasteiger partial charge in [-0.1, -0.05) is 29.8 Å². The summed E-state index contributed by atoms with van der Waals surface area (Å²) in [5, 5.41) is 2.99. The molecule has 4 rings (SSSR count). The second kappa shape index (κ2) is 9.30. The number of hydrogen-bond acceptors (Lipinski definition) is 4. The molecule has 1 saturated heterocycles. The highest BCUT2D eigenvalue weighted by atomic mass is 16.5. The van der Waals surface area contributed by atoms with Crippen molar-refractivity contribution in [1.29, 1.82) is 0 Å². The molecule has 1 aliphatic rings. The Morgan fingerprint density at radius 3 is 2.93 bits per heavy atom. The lowest BCUT2D eigenvalue weighted by Gasteiger charge is -2.13. The van der Waals surface area contributed by atoms with E-state index >= 15 is 0 Å². The van der Waals surface area contributed by atoms with E-state index in [1.807, 2.05) is 24.3 Å². The number of fused-ring (bicyclic) bond motifs is 1. The van der Waals surface area contributed by atoms with Gasteiger partial charge in [-0.25, -0.2) is 4.98 Å². The molecule has 30 heavy (non-hydrogen) atoms. The first kappa shape index (κ1) is 20.4. The van der Waals surface area contributed by atoms with Crippen molar-refractivity contribution in [2.75, 3.05) is 13.2 Å². The summed E-state index contributed by atoms with van der Waals surface area (Å²) < 4.78 is 13.6. The number of carbonyl (C=O) groups is 1. The molecule has 6 nitrogen and oxygen atoms in total. The Hall–Kier alpha value is -2.86. The highest BCUT2D eigenvalue weighted by Crippen LogP contribution is 2.20. The predicted molar refractivity (Wildman–Crippen MR) is 117 cm³/mol. The summed E-state index contributed by atoms with van der Waals surface area (Å²) in [6, 6.07) is 14.3. The Morgan fingerprint density at radius 1 is 1.27 bits per heavy atom. The maximum Gasteiger partial charge on any atom is 0.249 e. The lowest BCUT2D eigenvalue weighted by atomic mass is 10.1. The number of rotatable bonds is 8. The van der Waals surface area contributed by atoms with Crippen molar-refractivity contribution in [2.45, 2.75) is 52.3 Å². The average molecular weight is 408 g/mol. The van der Waals surface area contributed by atoms with E-state index < -0.39 is 0 Å². The van der Waals surface area contributed by atoms with Gasteiger partial charge >= 0.3 is 0 Å².